The third-order valence-electron chi connectivity index (χ3n) is 9.49. The maximum atomic E-state index is 13.0. The van der Waals surface area contributed by atoms with E-state index in [0.29, 0.717) is 22.9 Å². The van der Waals surface area contributed by atoms with Gasteiger partial charge in [-0.25, -0.2) is 4.98 Å². The summed E-state index contributed by atoms with van der Waals surface area (Å²) < 4.78 is 2.11. The van der Waals surface area contributed by atoms with Crippen LogP contribution in [0.4, 0.5) is 0 Å². The molecule has 1 atom stereocenters. The lowest BCUT2D eigenvalue weighted by Gasteiger charge is -2.31. The summed E-state index contributed by atoms with van der Waals surface area (Å²) in [6.45, 7) is 8.93. The van der Waals surface area contributed by atoms with Gasteiger partial charge >= 0.3 is 0 Å². The van der Waals surface area contributed by atoms with Crippen molar-refractivity contribution in [3.05, 3.63) is 110 Å². The van der Waals surface area contributed by atoms with Crippen molar-refractivity contribution in [2.45, 2.75) is 51.0 Å². The number of fused-ring (bicyclic) bond motifs is 5. The summed E-state index contributed by atoms with van der Waals surface area (Å²) in [5.74, 6) is 7.91. The summed E-state index contributed by atoms with van der Waals surface area (Å²) in [5.41, 5.74) is 8.51. The molecule has 1 saturated heterocycles. The van der Waals surface area contributed by atoms with Crippen molar-refractivity contribution in [2.75, 3.05) is 19.6 Å². The first kappa shape index (κ1) is 30.4. The van der Waals surface area contributed by atoms with Crippen LogP contribution in [0.5, 0.6) is 0 Å². The number of rotatable bonds is 6. The lowest BCUT2D eigenvalue weighted by Crippen LogP contribution is -2.33. The molecule has 1 amide bonds. The van der Waals surface area contributed by atoms with Crippen molar-refractivity contribution in [1.29, 1.82) is 0 Å². The highest BCUT2D eigenvalue weighted by Crippen LogP contribution is 2.44. The van der Waals surface area contributed by atoms with Gasteiger partial charge in [-0.05, 0) is 99.0 Å². The van der Waals surface area contributed by atoms with E-state index < -0.39 is 5.41 Å². The second kappa shape index (κ2) is 12.1. The quantitative estimate of drug-likeness (QED) is 0.161. The third-order valence-corrected chi connectivity index (χ3v) is 10.7. The molecule has 46 heavy (non-hydrogen) atoms. The SMILES string of the molecule is CC(NC=O)c1ccc(-c2scnc2C#CCN2CCC(c3ccc4c(c3)C(C)(C)c3nc(=O)c5c(Cl)cccc5n3-4)CC2)cc1. The summed E-state index contributed by atoms with van der Waals surface area (Å²) >= 11 is 8.02. The molecule has 0 bridgehead atoms. The van der Waals surface area contributed by atoms with Crippen LogP contribution in [-0.4, -0.2) is 45.5 Å². The van der Waals surface area contributed by atoms with Gasteiger partial charge in [0.2, 0.25) is 6.41 Å². The number of carbonyl (C=O) groups excluding carboxylic acids is 1. The van der Waals surface area contributed by atoms with E-state index in [1.165, 1.54) is 11.1 Å². The minimum Gasteiger partial charge on any atom is -0.352 e. The number of hydrogen-bond acceptors (Lipinski definition) is 6. The topological polar surface area (TPSA) is 80.1 Å². The highest BCUT2D eigenvalue weighted by atomic mass is 35.5. The van der Waals surface area contributed by atoms with E-state index in [2.05, 4.69) is 80.8 Å². The van der Waals surface area contributed by atoms with Gasteiger partial charge in [0.25, 0.3) is 5.56 Å². The van der Waals surface area contributed by atoms with Crippen molar-refractivity contribution in [3.63, 3.8) is 0 Å². The highest BCUT2D eigenvalue weighted by Gasteiger charge is 2.39. The fraction of sp³-hybridized carbons (Fsp3) is 0.297. The van der Waals surface area contributed by atoms with Crippen molar-refractivity contribution >= 4 is 40.3 Å². The Morgan fingerprint density at radius 3 is 2.67 bits per heavy atom. The molecule has 232 valence electrons. The van der Waals surface area contributed by atoms with E-state index in [0.717, 1.165) is 71.1 Å². The molecule has 2 aliphatic heterocycles. The molecule has 1 unspecified atom stereocenters. The number of halogens is 1. The second-order valence-corrected chi connectivity index (χ2v) is 13.9. The minimum absolute atomic E-state index is 0.0339. The number of piperidine rings is 1. The van der Waals surface area contributed by atoms with Crippen LogP contribution in [0.3, 0.4) is 0 Å². The normalized spacial score (nSPS) is 16.3. The number of carbonyl (C=O) groups is 1. The van der Waals surface area contributed by atoms with E-state index in [4.69, 9.17) is 11.6 Å². The number of nitrogens with one attached hydrogen (secondary N) is 1. The van der Waals surface area contributed by atoms with Gasteiger partial charge in [-0.1, -0.05) is 60.0 Å². The van der Waals surface area contributed by atoms with Crippen LogP contribution < -0.4 is 10.9 Å². The Morgan fingerprint density at radius 2 is 1.91 bits per heavy atom. The molecule has 2 aliphatic rings. The van der Waals surface area contributed by atoms with E-state index in [1.807, 2.05) is 36.7 Å². The van der Waals surface area contributed by atoms with Crippen LogP contribution in [0.25, 0.3) is 27.0 Å². The molecule has 9 heteroatoms. The first-order valence-corrected chi connectivity index (χ1v) is 16.8. The van der Waals surface area contributed by atoms with Gasteiger partial charge in [-0.15, -0.1) is 11.3 Å². The van der Waals surface area contributed by atoms with Gasteiger partial charge in [0.05, 0.1) is 50.0 Å². The zero-order valence-corrected chi connectivity index (χ0v) is 27.6. The summed E-state index contributed by atoms with van der Waals surface area (Å²) in [4.78, 5) is 36.3. The lowest BCUT2D eigenvalue weighted by molar-refractivity contribution is -0.110. The maximum Gasteiger partial charge on any atom is 0.282 e. The molecule has 0 radical (unpaired) electrons. The maximum absolute atomic E-state index is 13.0. The molecule has 2 aromatic heterocycles. The monoisotopic (exact) mass is 647 g/mol. The molecule has 5 aromatic rings. The smallest absolute Gasteiger partial charge is 0.282 e. The number of likely N-dealkylation sites (tertiary alicyclic amines) is 1. The Balaban J connectivity index is 1.03. The van der Waals surface area contributed by atoms with Crippen LogP contribution in [0.2, 0.25) is 5.02 Å². The van der Waals surface area contributed by atoms with Crippen molar-refractivity contribution in [3.8, 4) is 28.0 Å². The zero-order valence-electron chi connectivity index (χ0n) is 26.0. The minimum atomic E-state index is -0.403. The summed E-state index contributed by atoms with van der Waals surface area (Å²) in [5, 5.41) is 3.69. The number of thiazole rings is 1. The first-order chi connectivity index (χ1) is 22.3. The Bertz CT molecular complexity index is 2080. The van der Waals surface area contributed by atoms with Crippen molar-refractivity contribution in [1.82, 2.24) is 24.8 Å². The molecule has 7 rings (SSSR count). The predicted molar refractivity (Wildman–Crippen MR) is 185 cm³/mol. The third kappa shape index (κ3) is 5.32. The summed E-state index contributed by atoms with van der Waals surface area (Å²) in [7, 11) is 0. The number of nitrogens with zero attached hydrogens (tertiary/aromatic N) is 4. The number of aromatic nitrogens is 3. The van der Waals surface area contributed by atoms with Crippen LogP contribution in [-0.2, 0) is 10.2 Å². The highest BCUT2D eigenvalue weighted by molar-refractivity contribution is 7.13. The average molecular weight is 648 g/mol. The average Bonchev–Trinajstić information content (AvgIpc) is 3.61. The summed E-state index contributed by atoms with van der Waals surface area (Å²) in [6.07, 6.45) is 2.86. The van der Waals surface area contributed by atoms with Gasteiger partial charge in [-0.2, -0.15) is 4.98 Å². The molecular weight excluding hydrogens is 614 g/mol. The number of benzene rings is 3. The number of amides is 1. The Morgan fingerprint density at radius 1 is 1.13 bits per heavy atom. The zero-order chi connectivity index (χ0) is 32.0. The van der Waals surface area contributed by atoms with Crippen molar-refractivity contribution < 1.29 is 4.79 Å². The molecule has 3 aromatic carbocycles. The van der Waals surface area contributed by atoms with E-state index >= 15 is 0 Å². The van der Waals surface area contributed by atoms with Crippen LogP contribution in [0.1, 0.15) is 73.8 Å². The molecule has 1 fully saturated rings. The van der Waals surface area contributed by atoms with Gasteiger partial charge in [-0.3, -0.25) is 19.1 Å². The fourth-order valence-corrected chi connectivity index (χ4v) is 7.84. The Hall–Kier alpha value is -4.29. The molecular formula is C37H34ClN5O2S. The molecule has 0 aliphatic carbocycles. The van der Waals surface area contributed by atoms with E-state index in [1.54, 1.807) is 17.4 Å². The van der Waals surface area contributed by atoms with E-state index in [-0.39, 0.29) is 11.6 Å². The van der Waals surface area contributed by atoms with Gasteiger partial charge in [0, 0.05) is 0 Å². The standard InChI is InChI=1S/C37H34ClN5O2S/c1-23(39-21-44)24-9-11-26(12-10-24)34-30(40-22-46-34)7-5-17-42-18-15-25(16-19-42)27-13-14-31-28(20-27)37(2,3)36-41-35(45)33-29(38)6-4-8-32(33)43(31)36/h4,6,8-14,20-23,25H,15-19H2,1-3H3,(H,39,44). The lowest BCUT2D eigenvalue weighted by atomic mass is 9.81. The Kier molecular flexibility index (Phi) is 8.02. The molecule has 4 heterocycles. The van der Waals surface area contributed by atoms with Gasteiger partial charge in [0.1, 0.15) is 11.5 Å². The van der Waals surface area contributed by atoms with Gasteiger partial charge in [0.15, 0.2) is 0 Å². The first-order valence-electron chi connectivity index (χ1n) is 15.6. The van der Waals surface area contributed by atoms with Crippen LogP contribution >= 0.6 is 22.9 Å². The Labute approximate surface area is 277 Å². The molecule has 0 saturated carbocycles. The van der Waals surface area contributed by atoms with Crippen LogP contribution in [0.15, 0.2) is 71.0 Å². The molecule has 7 nitrogen and oxygen atoms in total. The van der Waals surface area contributed by atoms with Crippen LogP contribution in [0, 0.1) is 11.8 Å². The largest absolute Gasteiger partial charge is 0.352 e. The second-order valence-electron chi connectivity index (χ2n) is 12.6. The fourth-order valence-electron chi connectivity index (χ4n) is 6.83. The van der Waals surface area contributed by atoms with E-state index in [9.17, 15) is 9.59 Å². The number of hydrogen-bond donors (Lipinski definition) is 1. The molecule has 0 spiro atoms. The summed E-state index contributed by atoms with van der Waals surface area (Å²) in [6, 6.07) is 20.5. The van der Waals surface area contributed by atoms with Gasteiger partial charge < -0.3 is 5.32 Å². The van der Waals surface area contributed by atoms with Crippen molar-refractivity contribution in [2.24, 2.45) is 0 Å². The predicted octanol–water partition coefficient (Wildman–Crippen LogP) is 6.84. The molecule has 1 N–H and O–H groups in total.